The molecule has 0 saturated carbocycles. The molecule has 0 aliphatic heterocycles. The monoisotopic (exact) mass is 318 g/mol. The zero-order chi connectivity index (χ0) is 16.9. The first-order chi connectivity index (χ1) is 11.2. The minimum absolute atomic E-state index is 0.412. The second-order valence-corrected chi connectivity index (χ2v) is 5.89. The Balaban J connectivity index is 2.36. The Kier molecular flexibility index (Phi) is 9.85. The molecule has 3 nitrogen and oxygen atoms in total. The van der Waals surface area contributed by atoms with Gasteiger partial charge >= 0.3 is 5.97 Å². The van der Waals surface area contributed by atoms with Crippen molar-refractivity contribution in [2.24, 2.45) is 0 Å². The van der Waals surface area contributed by atoms with Gasteiger partial charge in [0.2, 0.25) is 0 Å². The number of carbonyl (C=O) groups excluding carboxylic acids is 1. The van der Waals surface area contributed by atoms with Crippen LogP contribution in [0.2, 0.25) is 0 Å². The van der Waals surface area contributed by atoms with E-state index >= 15 is 0 Å². The molecule has 0 heterocycles. The van der Waals surface area contributed by atoms with Gasteiger partial charge in [-0.05, 0) is 30.9 Å². The van der Waals surface area contributed by atoms with Crippen molar-refractivity contribution in [2.75, 3.05) is 0 Å². The highest BCUT2D eigenvalue weighted by Gasteiger charge is 2.10. The lowest BCUT2D eigenvalue weighted by molar-refractivity contribution is -0.209. The van der Waals surface area contributed by atoms with Gasteiger partial charge in [-0.2, -0.15) is 0 Å². The van der Waals surface area contributed by atoms with Gasteiger partial charge in [0.15, 0.2) is 5.75 Å². The van der Waals surface area contributed by atoms with Crippen LogP contribution in [0.4, 0.5) is 0 Å². The molecule has 1 aromatic carbocycles. The minimum Gasteiger partial charge on any atom is -0.286 e. The summed E-state index contributed by atoms with van der Waals surface area (Å²) in [6, 6.07) is 7.72. The number of benzene rings is 1. The topological polar surface area (TPSA) is 35.5 Å². The van der Waals surface area contributed by atoms with Crippen molar-refractivity contribution < 1.29 is 14.6 Å². The van der Waals surface area contributed by atoms with E-state index in [0.29, 0.717) is 17.7 Å². The summed E-state index contributed by atoms with van der Waals surface area (Å²) >= 11 is 0. The first-order valence-electron chi connectivity index (χ1n) is 8.83. The molecule has 0 N–H and O–H groups in total. The van der Waals surface area contributed by atoms with Crippen LogP contribution in [-0.2, 0) is 16.1 Å². The SMILES string of the molecule is C=C(CC)C(=O)OOc1ccccc1CCCCCCCCC. The zero-order valence-corrected chi connectivity index (χ0v) is 14.6. The van der Waals surface area contributed by atoms with Crippen molar-refractivity contribution >= 4 is 5.97 Å². The number of rotatable bonds is 12. The maximum atomic E-state index is 11.6. The van der Waals surface area contributed by atoms with E-state index in [2.05, 4.69) is 13.5 Å². The molecular formula is C20H30O3. The third-order valence-corrected chi connectivity index (χ3v) is 3.94. The Morgan fingerprint density at radius 1 is 1.00 bits per heavy atom. The van der Waals surface area contributed by atoms with Crippen LogP contribution in [0.1, 0.15) is 70.8 Å². The Bertz CT molecular complexity index is 480. The van der Waals surface area contributed by atoms with Crippen molar-refractivity contribution in [3.8, 4) is 5.75 Å². The molecule has 0 atom stereocenters. The molecule has 0 aliphatic carbocycles. The van der Waals surface area contributed by atoms with E-state index in [1.807, 2.05) is 31.2 Å². The van der Waals surface area contributed by atoms with E-state index in [9.17, 15) is 4.79 Å². The van der Waals surface area contributed by atoms with Crippen molar-refractivity contribution in [3.05, 3.63) is 42.0 Å². The van der Waals surface area contributed by atoms with E-state index in [1.165, 1.54) is 38.5 Å². The normalized spacial score (nSPS) is 10.3. The molecule has 0 unspecified atom stereocenters. The van der Waals surface area contributed by atoms with Crippen LogP contribution >= 0.6 is 0 Å². The van der Waals surface area contributed by atoms with Gasteiger partial charge in [0.05, 0.1) is 0 Å². The van der Waals surface area contributed by atoms with Gasteiger partial charge in [-0.15, -0.1) is 0 Å². The van der Waals surface area contributed by atoms with Gasteiger partial charge < -0.3 is 0 Å². The van der Waals surface area contributed by atoms with E-state index in [1.54, 1.807) is 0 Å². The fraction of sp³-hybridized carbons (Fsp3) is 0.550. The van der Waals surface area contributed by atoms with Gasteiger partial charge in [0.25, 0.3) is 0 Å². The van der Waals surface area contributed by atoms with Crippen molar-refractivity contribution in [3.63, 3.8) is 0 Å². The maximum Gasteiger partial charge on any atom is 0.381 e. The summed E-state index contributed by atoms with van der Waals surface area (Å²) in [5.74, 6) is 0.119. The average Bonchev–Trinajstić information content (AvgIpc) is 2.59. The minimum atomic E-state index is -0.502. The van der Waals surface area contributed by atoms with Crippen LogP contribution in [-0.4, -0.2) is 5.97 Å². The molecule has 0 amide bonds. The predicted octanol–water partition coefficient (Wildman–Crippen LogP) is 5.78. The summed E-state index contributed by atoms with van der Waals surface area (Å²) in [6.45, 7) is 7.74. The molecule has 23 heavy (non-hydrogen) atoms. The lowest BCUT2D eigenvalue weighted by Crippen LogP contribution is -2.10. The van der Waals surface area contributed by atoms with Gasteiger partial charge in [0, 0.05) is 5.57 Å². The lowest BCUT2D eigenvalue weighted by atomic mass is 10.0. The Hall–Kier alpha value is -1.77. The molecule has 3 heteroatoms. The number of hydrogen-bond donors (Lipinski definition) is 0. The molecule has 0 aliphatic rings. The highest BCUT2D eigenvalue weighted by atomic mass is 17.2. The summed E-state index contributed by atoms with van der Waals surface area (Å²) < 4.78 is 0. The van der Waals surface area contributed by atoms with Crippen LogP contribution in [0.25, 0.3) is 0 Å². The third-order valence-electron chi connectivity index (χ3n) is 3.94. The molecule has 0 radical (unpaired) electrons. The van der Waals surface area contributed by atoms with E-state index in [4.69, 9.17) is 9.78 Å². The van der Waals surface area contributed by atoms with Crippen molar-refractivity contribution in [1.82, 2.24) is 0 Å². The van der Waals surface area contributed by atoms with Crippen LogP contribution in [0.5, 0.6) is 5.75 Å². The van der Waals surface area contributed by atoms with Gasteiger partial charge in [-0.3, -0.25) is 4.89 Å². The van der Waals surface area contributed by atoms with Crippen LogP contribution in [0.3, 0.4) is 0 Å². The van der Waals surface area contributed by atoms with Gasteiger partial charge in [0.1, 0.15) is 0 Å². The fourth-order valence-corrected chi connectivity index (χ4v) is 2.35. The molecule has 0 bridgehead atoms. The first kappa shape index (κ1) is 19.3. The van der Waals surface area contributed by atoms with Crippen LogP contribution in [0, 0.1) is 0 Å². The van der Waals surface area contributed by atoms with Crippen LogP contribution in [0.15, 0.2) is 36.4 Å². The summed E-state index contributed by atoms with van der Waals surface area (Å²) in [5, 5.41) is 0. The molecular weight excluding hydrogens is 288 g/mol. The third kappa shape index (κ3) is 7.87. The molecule has 128 valence electrons. The number of carbonyl (C=O) groups is 1. The van der Waals surface area contributed by atoms with E-state index < -0.39 is 5.97 Å². The van der Waals surface area contributed by atoms with Gasteiger partial charge in [-0.1, -0.05) is 77.2 Å². The Morgan fingerprint density at radius 2 is 1.65 bits per heavy atom. The average molecular weight is 318 g/mol. The summed E-state index contributed by atoms with van der Waals surface area (Å²) in [4.78, 5) is 21.7. The number of hydrogen-bond acceptors (Lipinski definition) is 3. The fourth-order valence-electron chi connectivity index (χ4n) is 2.35. The number of para-hydroxylation sites is 1. The van der Waals surface area contributed by atoms with E-state index in [-0.39, 0.29) is 0 Å². The molecule has 0 fully saturated rings. The van der Waals surface area contributed by atoms with Crippen LogP contribution < -0.4 is 4.89 Å². The lowest BCUT2D eigenvalue weighted by Gasteiger charge is -2.10. The smallest absolute Gasteiger partial charge is 0.286 e. The molecule has 1 rings (SSSR count). The highest BCUT2D eigenvalue weighted by molar-refractivity contribution is 5.87. The highest BCUT2D eigenvalue weighted by Crippen LogP contribution is 2.21. The largest absolute Gasteiger partial charge is 0.381 e. The molecule has 0 spiro atoms. The van der Waals surface area contributed by atoms with E-state index in [0.717, 1.165) is 18.4 Å². The standard InChI is InChI=1S/C20H30O3/c1-4-6-7-8-9-10-11-14-18-15-12-13-16-19(18)22-23-20(21)17(3)5-2/h12-13,15-16H,3-11,14H2,1-2H3. The second-order valence-electron chi connectivity index (χ2n) is 5.89. The molecule has 1 aromatic rings. The number of unbranched alkanes of at least 4 members (excludes halogenated alkanes) is 6. The molecule has 0 aromatic heterocycles. The Labute approximate surface area is 140 Å². The predicted molar refractivity (Wildman–Crippen MR) is 94.3 cm³/mol. The van der Waals surface area contributed by atoms with Crippen molar-refractivity contribution in [2.45, 2.75) is 71.6 Å². The first-order valence-corrected chi connectivity index (χ1v) is 8.83. The quantitative estimate of drug-likeness (QED) is 0.212. The molecule has 0 saturated heterocycles. The summed E-state index contributed by atoms with van der Waals surface area (Å²) in [5.41, 5.74) is 1.49. The maximum absolute atomic E-state index is 11.6. The van der Waals surface area contributed by atoms with Crippen molar-refractivity contribution in [1.29, 1.82) is 0 Å². The zero-order valence-electron chi connectivity index (χ0n) is 14.6. The Morgan fingerprint density at radius 3 is 2.35 bits per heavy atom. The van der Waals surface area contributed by atoms with Gasteiger partial charge in [-0.25, -0.2) is 9.68 Å². The number of aryl methyl sites for hydroxylation is 1. The summed E-state index contributed by atoms with van der Waals surface area (Å²) in [7, 11) is 0. The summed E-state index contributed by atoms with van der Waals surface area (Å²) in [6.07, 6.45) is 10.4. The second kappa shape index (κ2) is 11.8.